The minimum atomic E-state index is 0.466. The maximum atomic E-state index is 4.37. The molecule has 98 valence electrons. The standard InChI is InChI=1S/C15H18N4/c1-11-4-2-8-18-15(11)19-14-10-12(6-9-17-14)13-5-3-7-16-13/h2,4,6,8-10,13,16H,3,5,7H2,1H3,(H,17,18,19)/t13-/m1/s1. The molecule has 1 aliphatic rings. The van der Waals surface area contributed by atoms with Crippen LogP contribution in [0.2, 0.25) is 0 Å². The summed E-state index contributed by atoms with van der Waals surface area (Å²) in [6.07, 6.45) is 6.09. The molecule has 0 amide bonds. The van der Waals surface area contributed by atoms with Gasteiger partial charge >= 0.3 is 0 Å². The SMILES string of the molecule is Cc1cccnc1Nc1cc([C@H]2CCCN2)ccn1. The average molecular weight is 254 g/mol. The molecule has 0 radical (unpaired) electrons. The number of nitrogens with zero attached hydrogens (tertiary/aromatic N) is 2. The van der Waals surface area contributed by atoms with Gasteiger partial charge in [-0.2, -0.15) is 0 Å². The van der Waals surface area contributed by atoms with E-state index in [0.717, 1.165) is 23.7 Å². The quantitative estimate of drug-likeness (QED) is 0.884. The maximum Gasteiger partial charge on any atom is 0.134 e. The highest BCUT2D eigenvalue weighted by molar-refractivity contribution is 5.56. The first-order valence-corrected chi connectivity index (χ1v) is 6.71. The predicted molar refractivity (Wildman–Crippen MR) is 76.5 cm³/mol. The van der Waals surface area contributed by atoms with Crippen molar-refractivity contribution >= 4 is 11.6 Å². The van der Waals surface area contributed by atoms with E-state index in [1.54, 1.807) is 6.20 Å². The van der Waals surface area contributed by atoms with Crippen LogP contribution in [0.3, 0.4) is 0 Å². The lowest BCUT2D eigenvalue weighted by atomic mass is 10.1. The number of aryl methyl sites for hydroxylation is 1. The highest BCUT2D eigenvalue weighted by Gasteiger charge is 2.16. The van der Waals surface area contributed by atoms with Crippen molar-refractivity contribution in [3.05, 3.63) is 47.8 Å². The molecular formula is C15H18N4. The molecule has 2 aromatic rings. The van der Waals surface area contributed by atoms with E-state index in [9.17, 15) is 0 Å². The van der Waals surface area contributed by atoms with Crippen molar-refractivity contribution in [3.8, 4) is 0 Å². The number of hydrogen-bond donors (Lipinski definition) is 2. The number of anilines is 2. The molecule has 1 fully saturated rings. The minimum Gasteiger partial charge on any atom is -0.325 e. The van der Waals surface area contributed by atoms with Gasteiger partial charge in [-0.1, -0.05) is 6.07 Å². The molecule has 2 N–H and O–H groups in total. The molecule has 4 heteroatoms. The highest BCUT2D eigenvalue weighted by atomic mass is 15.1. The van der Waals surface area contributed by atoms with Crippen molar-refractivity contribution in [2.24, 2.45) is 0 Å². The van der Waals surface area contributed by atoms with E-state index < -0.39 is 0 Å². The lowest BCUT2D eigenvalue weighted by molar-refractivity contribution is 0.647. The van der Waals surface area contributed by atoms with Crippen molar-refractivity contribution in [3.63, 3.8) is 0 Å². The van der Waals surface area contributed by atoms with Gasteiger partial charge in [-0.3, -0.25) is 0 Å². The third kappa shape index (κ3) is 2.74. The summed E-state index contributed by atoms with van der Waals surface area (Å²) in [5.41, 5.74) is 2.41. The summed E-state index contributed by atoms with van der Waals surface area (Å²) in [4.78, 5) is 8.70. The zero-order valence-electron chi connectivity index (χ0n) is 11.1. The van der Waals surface area contributed by atoms with Crippen molar-refractivity contribution in [2.75, 3.05) is 11.9 Å². The van der Waals surface area contributed by atoms with Gasteiger partial charge in [-0.15, -0.1) is 0 Å². The van der Waals surface area contributed by atoms with Gasteiger partial charge in [-0.25, -0.2) is 9.97 Å². The largest absolute Gasteiger partial charge is 0.325 e. The Morgan fingerprint density at radius 1 is 1.26 bits per heavy atom. The lowest BCUT2D eigenvalue weighted by Crippen LogP contribution is -2.13. The molecule has 4 nitrogen and oxygen atoms in total. The van der Waals surface area contributed by atoms with Crippen molar-refractivity contribution in [1.29, 1.82) is 0 Å². The summed E-state index contributed by atoms with van der Waals surface area (Å²) in [6.45, 7) is 3.15. The third-order valence-corrected chi connectivity index (χ3v) is 3.50. The summed E-state index contributed by atoms with van der Waals surface area (Å²) >= 11 is 0. The molecule has 0 saturated carbocycles. The average Bonchev–Trinajstić information content (AvgIpc) is 2.96. The monoisotopic (exact) mass is 254 g/mol. The third-order valence-electron chi connectivity index (χ3n) is 3.50. The minimum absolute atomic E-state index is 0.466. The molecule has 0 aliphatic carbocycles. The summed E-state index contributed by atoms with van der Waals surface area (Å²) in [6, 6.07) is 8.63. The van der Waals surface area contributed by atoms with Crippen LogP contribution in [0.25, 0.3) is 0 Å². The van der Waals surface area contributed by atoms with Gasteiger partial charge in [-0.05, 0) is 55.6 Å². The number of aromatic nitrogens is 2. The Morgan fingerprint density at radius 2 is 2.21 bits per heavy atom. The number of rotatable bonds is 3. The fourth-order valence-corrected chi connectivity index (χ4v) is 2.44. The van der Waals surface area contributed by atoms with Gasteiger partial charge < -0.3 is 10.6 Å². The van der Waals surface area contributed by atoms with Gasteiger partial charge in [0.2, 0.25) is 0 Å². The molecule has 1 aliphatic heterocycles. The van der Waals surface area contributed by atoms with Crippen LogP contribution in [0.15, 0.2) is 36.7 Å². The van der Waals surface area contributed by atoms with Gasteiger partial charge in [0.1, 0.15) is 11.6 Å². The first kappa shape index (κ1) is 12.1. The Hall–Kier alpha value is -1.94. The van der Waals surface area contributed by atoms with Crippen LogP contribution < -0.4 is 10.6 Å². The van der Waals surface area contributed by atoms with Gasteiger partial charge in [0, 0.05) is 18.4 Å². The van der Waals surface area contributed by atoms with E-state index in [4.69, 9.17) is 0 Å². The normalized spacial score (nSPS) is 18.5. The predicted octanol–water partition coefficient (Wildman–Crippen LogP) is 2.95. The molecule has 19 heavy (non-hydrogen) atoms. The Morgan fingerprint density at radius 3 is 3.00 bits per heavy atom. The molecule has 3 heterocycles. The van der Waals surface area contributed by atoms with E-state index in [1.807, 2.05) is 25.3 Å². The van der Waals surface area contributed by atoms with Gasteiger partial charge in [0.05, 0.1) is 0 Å². The molecule has 0 unspecified atom stereocenters. The Labute approximate surface area is 113 Å². The zero-order valence-corrected chi connectivity index (χ0v) is 11.1. The molecule has 1 saturated heterocycles. The smallest absolute Gasteiger partial charge is 0.134 e. The van der Waals surface area contributed by atoms with Gasteiger partial charge in [0.15, 0.2) is 0 Å². The second-order valence-corrected chi connectivity index (χ2v) is 4.92. The summed E-state index contributed by atoms with van der Waals surface area (Å²) in [5, 5.41) is 6.79. The van der Waals surface area contributed by atoms with E-state index in [2.05, 4.69) is 32.7 Å². The second-order valence-electron chi connectivity index (χ2n) is 4.92. The molecule has 0 aromatic carbocycles. The molecule has 3 rings (SSSR count). The summed E-state index contributed by atoms with van der Waals surface area (Å²) < 4.78 is 0. The summed E-state index contributed by atoms with van der Waals surface area (Å²) in [7, 11) is 0. The zero-order chi connectivity index (χ0) is 13.1. The Balaban J connectivity index is 1.81. The number of hydrogen-bond acceptors (Lipinski definition) is 4. The maximum absolute atomic E-state index is 4.37. The number of nitrogens with one attached hydrogen (secondary N) is 2. The van der Waals surface area contributed by atoms with Crippen LogP contribution in [0, 0.1) is 6.92 Å². The molecule has 2 aromatic heterocycles. The fourth-order valence-electron chi connectivity index (χ4n) is 2.44. The highest BCUT2D eigenvalue weighted by Crippen LogP contribution is 2.25. The Bertz CT molecular complexity index is 562. The lowest BCUT2D eigenvalue weighted by Gasteiger charge is -2.12. The van der Waals surface area contributed by atoms with Crippen LogP contribution in [0.1, 0.15) is 30.0 Å². The molecule has 0 spiro atoms. The van der Waals surface area contributed by atoms with E-state index in [1.165, 1.54) is 18.4 Å². The van der Waals surface area contributed by atoms with Crippen molar-refractivity contribution < 1.29 is 0 Å². The second kappa shape index (κ2) is 5.36. The summed E-state index contributed by atoms with van der Waals surface area (Å²) in [5.74, 6) is 1.72. The van der Waals surface area contributed by atoms with Crippen LogP contribution in [0.4, 0.5) is 11.6 Å². The van der Waals surface area contributed by atoms with E-state index in [0.29, 0.717) is 6.04 Å². The van der Waals surface area contributed by atoms with Crippen LogP contribution in [-0.4, -0.2) is 16.5 Å². The van der Waals surface area contributed by atoms with Crippen molar-refractivity contribution in [2.45, 2.75) is 25.8 Å². The van der Waals surface area contributed by atoms with Crippen LogP contribution in [-0.2, 0) is 0 Å². The number of pyridine rings is 2. The van der Waals surface area contributed by atoms with Crippen molar-refractivity contribution in [1.82, 2.24) is 15.3 Å². The topological polar surface area (TPSA) is 49.8 Å². The van der Waals surface area contributed by atoms with E-state index in [-0.39, 0.29) is 0 Å². The fraction of sp³-hybridized carbons (Fsp3) is 0.333. The first-order chi connectivity index (χ1) is 9.33. The Kier molecular flexibility index (Phi) is 3.42. The molecule has 1 atom stereocenters. The van der Waals surface area contributed by atoms with Crippen LogP contribution in [0.5, 0.6) is 0 Å². The first-order valence-electron chi connectivity index (χ1n) is 6.71. The van der Waals surface area contributed by atoms with E-state index >= 15 is 0 Å². The molecule has 0 bridgehead atoms. The van der Waals surface area contributed by atoms with Crippen LogP contribution >= 0.6 is 0 Å². The molecular weight excluding hydrogens is 236 g/mol. The van der Waals surface area contributed by atoms with Gasteiger partial charge in [0.25, 0.3) is 0 Å².